The lowest BCUT2D eigenvalue weighted by Gasteiger charge is -2.23. The third-order valence-electron chi connectivity index (χ3n) is 14.5. The first kappa shape index (κ1) is 33.7. The van der Waals surface area contributed by atoms with Crippen LogP contribution in [0.25, 0.3) is 106 Å². The molecule has 0 amide bonds. The van der Waals surface area contributed by atoms with Gasteiger partial charge in [-0.25, -0.2) is 4.98 Å². The molecule has 0 saturated heterocycles. The van der Waals surface area contributed by atoms with Gasteiger partial charge in [0.25, 0.3) is 6.33 Å². The Morgan fingerprint density at radius 3 is 1.82 bits per heavy atom. The first-order chi connectivity index (χ1) is 46.2. The van der Waals surface area contributed by atoms with Crippen molar-refractivity contribution >= 4 is 32.8 Å². The number of fused-ring (bicyclic) bond motifs is 4. The summed E-state index contributed by atoms with van der Waals surface area (Å²) < 4.78 is 171. The van der Waals surface area contributed by atoms with Crippen LogP contribution in [0.15, 0.2) is 248 Å². The second kappa shape index (κ2) is 20.0. The molecule has 5 nitrogen and oxygen atoms in total. The van der Waals surface area contributed by atoms with Crippen LogP contribution in [0.2, 0.25) is 0 Å². The third kappa shape index (κ3) is 9.35. The van der Waals surface area contributed by atoms with Crippen molar-refractivity contribution in [3.05, 3.63) is 272 Å². The van der Waals surface area contributed by atoms with Crippen molar-refractivity contribution in [3.8, 4) is 84.3 Å². The topological polar surface area (TPSA) is 35.9 Å². The molecule has 5 heteroatoms. The smallest absolute Gasteiger partial charge is 0.269 e. The second-order valence-electron chi connectivity index (χ2n) is 21.8. The number of para-hydroxylation sites is 1. The highest BCUT2D eigenvalue weighted by Crippen LogP contribution is 2.42. The van der Waals surface area contributed by atoms with Crippen LogP contribution in [-0.2, 0) is 10.8 Å². The van der Waals surface area contributed by atoms with Crippen molar-refractivity contribution in [2.24, 2.45) is 0 Å². The Balaban J connectivity index is 1.04. The van der Waals surface area contributed by atoms with Gasteiger partial charge in [-0.2, -0.15) is 0 Å². The summed E-state index contributed by atoms with van der Waals surface area (Å²) in [4.78, 5) is 4.74. The molecule has 0 saturated carbocycles. The second-order valence-corrected chi connectivity index (χ2v) is 21.8. The van der Waals surface area contributed by atoms with Gasteiger partial charge in [-0.3, -0.25) is 13.7 Å². The van der Waals surface area contributed by atoms with Crippen LogP contribution in [0, 0.1) is 13.2 Å². The number of aryl methyl sites for hydroxylation is 1. The number of ether oxygens (including phenoxy) is 1. The zero-order valence-electron chi connectivity index (χ0n) is 62.7. The van der Waals surface area contributed by atoms with Crippen LogP contribution in [0.5, 0.6) is 11.5 Å². The molecular formula is C75H62N4O. The number of aromatic nitrogens is 4. The Morgan fingerprint density at radius 1 is 0.475 bits per heavy atom. The van der Waals surface area contributed by atoms with Gasteiger partial charge in [0, 0.05) is 32.7 Å². The van der Waals surface area contributed by atoms with Gasteiger partial charge >= 0.3 is 0 Å². The lowest BCUT2D eigenvalue weighted by Crippen LogP contribution is -2.31. The Morgan fingerprint density at radius 2 is 1.11 bits per heavy atom. The van der Waals surface area contributed by atoms with Crippen molar-refractivity contribution in [1.82, 2.24) is 14.1 Å². The molecule has 0 radical (unpaired) electrons. The summed E-state index contributed by atoms with van der Waals surface area (Å²) in [5, 5.41) is 1.57. The van der Waals surface area contributed by atoms with E-state index in [0.29, 0.717) is 50.4 Å². The van der Waals surface area contributed by atoms with E-state index in [2.05, 4.69) is 72.1 Å². The Hall–Kier alpha value is -9.58. The predicted octanol–water partition coefficient (Wildman–Crippen LogP) is 19.2. The quantitative estimate of drug-likeness (QED) is 0.101. The normalized spacial score (nSPS) is 15.3. The summed E-state index contributed by atoms with van der Waals surface area (Å²) in [5.74, 6) is 0.912. The minimum atomic E-state index is -2.83. The Kier molecular flexibility index (Phi) is 8.42. The van der Waals surface area contributed by atoms with E-state index in [1.165, 1.54) is 18.3 Å². The highest BCUT2D eigenvalue weighted by molar-refractivity contribution is 6.09. The van der Waals surface area contributed by atoms with E-state index >= 15 is 0 Å². The maximum Gasteiger partial charge on any atom is 0.269 e. The van der Waals surface area contributed by atoms with Crippen LogP contribution in [0.1, 0.15) is 82.9 Å². The van der Waals surface area contributed by atoms with E-state index < -0.39 is 103 Å². The summed E-state index contributed by atoms with van der Waals surface area (Å²) in [7, 11) is 0. The van der Waals surface area contributed by atoms with E-state index in [1.54, 1.807) is 27.3 Å². The SMILES string of the molecule is [2H]c1c([2H])c([2H])c(-c2cc(-c3cccc(C(C)(C)C)c3)c(-[n+]3[c-]n(-c4cccc(Oc5ccc6c7ccccc7n(-c7cc(C([2H])([2H])[2H])c(-c8c([2H])c([2H])c([2H])c([2H])c8[2H])cn7)c6c5)c4)c4cc(-c5ccc(C(C)(C)C)cc5)ccc43)c(-c3c([2H])c([2H])c([2H])c([2H])c3[2H])c2)c([2H])c1[2H]. The summed E-state index contributed by atoms with van der Waals surface area (Å²) in [6, 6.07) is 38.1. The Labute approximate surface area is 494 Å². The molecule has 3 heterocycles. The summed E-state index contributed by atoms with van der Waals surface area (Å²) in [6.45, 7) is 9.78. The third-order valence-corrected chi connectivity index (χ3v) is 14.5. The summed E-state index contributed by atoms with van der Waals surface area (Å²) in [5.41, 5.74) is 6.58. The van der Waals surface area contributed by atoms with Gasteiger partial charge in [0.05, 0.1) is 54.0 Å². The highest BCUT2D eigenvalue weighted by atomic mass is 16.5. The molecule has 0 unspecified atom stereocenters. The molecule has 0 atom stereocenters. The van der Waals surface area contributed by atoms with Crippen molar-refractivity contribution < 1.29 is 34.0 Å². The molecule has 80 heavy (non-hydrogen) atoms. The standard InChI is InChI=1S/C75H62N4O/c1-50-41-72(76-48-67(50)54-25-15-10-16-26-54)79-68-32-18-17-31-63(68)64-39-38-62(47-70(64)79)80-61-30-20-29-60(46-61)77-49-78(69-40-35-55(45-71(69)77)52-33-36-58(37-34-52)74(2,3)4)73-65(53-23-13-9-14-24-53)43-57(51-21-11-8-12-22-51)44-66(73)56-27-19-28-59(42-56)75(5,6)7/h8-48H,1-7H3/i1D3,8D,9D,10D,11D,12D,13D,14D,15D,16D,21D,22D,23D,24D,25D,26D. The summed E-state index contributed by atoms with van der Waals surface area (Å²) in [6.07, 6.45) is 4.88. The molecule has 0 spiro atoms. The molecule has 13 aromatic rings. The Bertz CT molecular complexity index is 5420. The number of imidazole rings is 1. The maximum atomic E-state index is 9.58. The van der Waals surface area contributed by atoms with Gasteiger partial charge in [-0.1, -0.05) is 217 Å². The van der Waals surface area contributed by atoms with Crippen LogP contribution in [0.4, 0.5) is 0 Å². The van der Waals surface area contributed by atoms with Gasteiger partial charge in [0.2, 0.25) is 0 Å². The van der Waals surface area contributed by atoms with Crippen molar-refractivity contribution in [3.63, 3.8) is 0 Å². The number of pyridine rings is 1. The average Bonchev–Trinajstić information content (AvgIpc) is 1.36. The van der Waals surface area contributed by atoms with Gasteiger partial charge in [0.15, 0.2) is 0 Å². The molecule has 0 fully saturated rings. The molecule has 0 N–H and O–H groups in total. The highest BCUT2D eigenvalue weighted by Gasteiger charge is 2.24. The van der Waals surface area contributed by atoms with Crippen LogP contribution in [-0.4, -0.2) is 14.1 Å². The van der Waals surface area contributed by atoms with Crippen molar-refractivity contribution in [2.45, 2.75) is 59.2 Å². The molecule has 10 aromatic carbocycles. The van der Waals surface area contributed by atoms with Crippen molar-refractivity contribution in [2.75, 3.05) is 0 Å². The van der Waals surface area contributed by atoms with Crippen LogP contribution >= 0.6 is 0 Å². The molecular weight excluding hydrogens is 973 g/mol. The van der Waals surface area contributed by atoms with Gasteiger partial charge in [0.1, 0.15) is 17.3 Å². The molecule has 13 rings (SSSR count). The first-order valence-corrected chi connectivity index (χ1v) is 26.2. The van der Waals surface area contributed by atoms with E-state index in [4.69, 9.17) is 28.9 Å². The van der Waals surface area contributed by atoms with E-state index in [9.17, 15) is 5.48 Å². The number of hydrogen-bond donors (Lipinski definition) is 0. The minimum absolute atomic E-state index is 0.0734. The zero-order valence-corrected chi connectivity index (χ0v) is 44.7. The molecule has 0 bridgehead atoms. The molecule has 0 aliphatic heterocycles. The largest absolute Gasteiger partial charge is 0.458 e. The van der Waals surface area contributed by atoms with Gasteiger partial charge < -0.3 is 4.74 Å². The van der Waals surface area contributed by atoms with E-state index in [0.717, 1.165) is 33.0 Å². The molecule has 0 aliphatic carbocycles. The van der Waals surface area contributed by atoms with E-state index in [1.807, 2.05) is 102 Å². The maximum absolute atomic E-state index is 9.58. The summed E-state index contributed by atoms with van der Waals surface area (Å²) >= 11 is 0. The zero-order chi connectivity index (χ0) is 70.3. The van der Waals surface area contributed by atoms with Gasteiger partial charge in [-0.05, 0) is 145 Å². The van der Waals surface area contributed by atoms with Crippen LogP contribution < -0.4 is 9.30 Å². The predicted molar refractivity (Wildman–Crippen MR) is 332 cm³/mol. The fourth-order valence-corrected chi connectivity index (χ4v) is 10.4. The number of rotatable bonds is 10. The van der Waals surface area contributed by atoms with Crippen molar-refractivity contribution in [1.29, 1.82) is 0 Å². The molecule has 0 aliphatic rings. The molecule has 388 valence electrons. The monoisotopic (exact) mass is 1050 g/mol. The van der Waals surface area contributed by atoms with Crippen LogP contribution in [0.3, 0.4) is 0 Å². The lowest BCUT2D eigenvalue weighted by atomic mass is 9.84. The molecule has 3 aromatic heterocycles. The lowest BCUT2D eigenvalue weighted by molar-refractivity contribution is -0.571. The van der Waals surface area contributed by atoms with E-state index in [-0.39, 0.29) is 55.9 Å². The minimum Gasteiger partial charge on any atom is -0.458 e. The average molecular weight is 1050 g/mol. The van der Waals surface area contributed by atoms with Gasteiger partial charge in [-0.15, -0.1) is 0 Å². The first-order valence-electron chi connectivity index (χ1n) is 35.2. The number of benzene rings is 10. The fraction of sp³-hybridized carbons (Fsp3) is 0.120. The number of nitrogens with zero attached hydrogens (tertiary/aromatic N) is 4. The fourth-order valence-electron chi connectivity index (χ4n) is 10.4. The number of hydrogen-bond acceptors (Lipinski definition) is 2.